The lowest BCUT2D eigenvalue weighted by molar-refractivity contribution is -0.136. The van der Waals surface area contributed by atoms with Gasteiger partial charge in [0.05, 0.1) is 36.0 Å². The molecule has 0 spiro atoms. The Morgan fingerprint density at radius 2 is 2.15 bits per heavy atom. The fourth-order valence-electron chi connectivity index (χ4n) is 2.30. The van der Waals surface area contributed by atoms with Crippen LogP contribution in [0.5, 0.6) is 5.75 Å². The van der Waals surface area contributed by atoms with Gasteiger partial charge in [-0.3, -0.25) is 4.79 Å². The van der Waals surface area contributed by atoms with Crippen molar-refractivity contribution in [2.45, 2.75) is 6.61 Å². The summed E-state index contributed by atoms with van der Waals surface area (Å²) in [7, 11) is 1.12. The predicted octanol–water partition coefficient (Wildman–Crippen LogP) is 1.86. The summed E-state index contributed by atoms with van der Waals surface area (Å²) in [6.45, 7) is -3.75. The lowest BCUT2D eigenvalue weighted by Crippen LogP contribution is -2.31. The van der Waals surface area contributed by atoms with E-state index in [2.05, 4.69) is 30.7 Å². The average Bonchev–Trinajstić information content (AvgIpc) is 2.88. The highest BCUT2D eigenvalue weighted by atomic mass is 79.9. The van der Waals surface area contributed by atoms with E-state index in [0.29, 0.717) is 6.07 Å². The van der Waals surface area contributed by atoms with E-state index in [1.807, 2.05) is 0 Å². The van der Waals surface area contributed by atoms with Crippen molar-refractivity contribution in [1.29, 1.82) is 0 Å². The Hall–Kier alpha value is -2.27. The molecule has 1 aliphatic heterocycles. The molecule has 1 heterocycles. The van der Waals surface area contributed by atoms with Crippen LogP contribution in [-0.2, 0) is 14.3 Å². The number of nitrogens with zero attached hydrogens (tertiary/aromatic N) is 1. The van der Waals surface area contributed by atoms with Gasteiger partial charge in [-0.2, -0.15) is 8.78 Å². The van der Waals surface area contributed by atoms with Gasteiger partial charge in [-0.05, 0) is 22.0 Å². The third-order valence-electron chi connectivity index (χ3n) is 3.45. The second-order valence-electron chi connectivity index (χ2n) is 5.06. The summed E-state index contributed by atoms with van der Waals surface area (Å²) in [5, 5.41) is 11.5. The Morgan fingerprint density at radius 3 is 2.73 bits per heavy atom. The van der Waals surface area contributed by atoms with E-state index in [-0.39, 0.29) is 41.1 Å². The molecule has 0 aromatic heterocycles. The number of benzene rings is 1. The lowest BCUT2D eigenvalue weighted by Gasteiger charge is -2.16. The van der Waals surface area contributed by atoms with Crippen LogP contribution in [0.15, 0.2) is 27.9 Å². The number of hydrogen-bond donors (Lipinski definition) is 2. The Kier molecular flexibility index (Phi) is 6.48. The largest absolute Gasteiger partial charge is 0.466 e. The number of ether oxygens (including phenoxy) is 2. The van der Waals surface area contributed by atoms with Crippen LogP contribution in [0.4, 0.5) is 18.9 Å². The quantitative estimate of drug-likeness (QED) is 0.631. The normalized spacial score (nSPS) is 14.3. The van der Waals surface area contributed by atoms with Crippen molar-refractivity contribution in [2.24, 2.45) is 0 Å². The first-order chi connectivity index (χ1) is 12.3. The average molecular weight is 439 g/mol. The highest BCUT2D eigenvalue weighted by molar-refractivity contribution is 9.10. The highest BCUT2D eigenvalue weighted by Gasteiger charge is 2.35. The predicted molar refractivity (Wildman–Crippen MR) is 87.1 cm³/mol. The van der Waals surface area contributed by atoms with Crippen LogP contribution in [0.25, 0.3) is 0 Å². The molecule has 2 N–H and O–H groups in total. The van der Waals surface area contributed by atoms with Gasteiger partial charge in [0.25, 0.3) is 5.91 Å². The number of amides is 1. The lowest BCUT2D eigenvalue weighted by atomic mass is 10.2. The fraction of sp³-hybridized carbons (Fsp3) is 0.333. The first-order valence-corrected chi connectivity index (χ1v) is 8.00. The molecule has 26 heavy (non-hydrogen) atoms. The monoisotopic (exact) mass is 438 g/mol. The van der Waals surface area contributed by atoms with Crippen LogP contribution in [-0.4, -0.2) is 55.3 Å². The van der Waals surface area contributed by atoms with Gasteiger partial charge in [-0.1, -0.05) is 0 Å². The van der Waals surface area contributed by atoms with Gasteiger partial charge >= 0.3 is 12.6 Å². The Bertz CT molecular complexity index is 757. The van der Waals surface area contributed by atoms with E-state index in [1.165, 1.54) is 4.90 Å². The third-order valence-corrected chi connectivity index (χ3v) is 4.06. The van der Waals surface area contributed by atoms with E-state index in [4.69, 9.17) is 5.11 Å². The maximum absolute atomic E-state index is 13.6. The molecule has 0 saturated heterocycles. The number of carbonyl (C=O) groups excluding carboxylic acids is 2. The molecule has 0 fully saturated rings. The molecule has 0 atom stereocenters. The maximum Gasteiger partial charge on any atom is 0.387 e. The number of β-amino-alcohol motifs (C(OH)–C–C–N with tert-alkyl or cyclic N) is 1. The van der Waals surface area contributed by atoms with Crippen LogP contribution < -0.4 is 10.1 Å². The van der Waals surface area contributed by atoms with Gasteiger partial charge in [0.1, 0.15) is 11.5 Å². The Balaban J connectivity index is 2.44. The SMILES string of the molecule is COC(=O)C1=C(Nc2cc(Br)c(F)cc2OC(F)F)C(=O)N(CCO)C1. The number of hydrogen-bond acceptors (Lipinski definition) is 6. The van der Waals surface area contributed by atoms with Crippen LogP contribution in [0, 0.1) is 5.82 Å². The number of halogens is 4. The van der Waals surface area contributed by atoms with Crippen molar-refractivity contribution in [1.82, 2.24) is 4.90 Å². The summed E-state index contributed by atoms with van der Waals surface area (Å²) in [6.07, 6.45) is 0. The zero-order valence-corrected chi connectivity index (χ0v) is 15.0. The molecule has 0 radical (unpaired) electrons. The van der Waals surface area contributed by atoms with Gasteiger partial charge in [0.2, 0.25) is 0 Å². The van der Waals surface area contributed by atoms with Gasteiger partial charge in [-0.25, -0.2) is 9.18 Å². The summed E-state index contributed by atoms with van der Waals surface area (Å²) < 4.78 is 47.6. The number of aliphatic hydroxyl groups excluding tert-OH is 1. The molecule has 0 unspecified atom stereocenters. The fourth-order valence-corrected chi connectivity index (χ4v) is 2.65. The van der Waals surface area contributed by atoms with E-state index >= 15 is 0 Å². The first kappa shape index (κ1) is 20.0. The van der Waals surface area contributed by atoms with Crippen molar-refractivity contribution in [2.75, 3.05) is 32.1 Å². The van der Waals surface area contributed by atoms with Crippen molar-refractivity contribution < 1.29 is 37.3 Å². The minimum atomic E-state index is -3.23. The first-order valence-electron chi connectivity index (χ1n) is 7.21. The van der Waals surface area contributed by atoms with E-state index in [1.54, 1.807) is 0 Å². The summed E-state index contributed by atoms with van der Waals surface area (Å²) in [4.78, 5) is 25.5. The summed E-state index contributed by atoms with van der Waals surface area (Å²) in [5.74, 6) is -2.86. The zero-order valence-electron chi connectivity index (χ0n) is 13.4. The van der Waals surface area contributed by atoms with Crippen LogP contribution in [0.3, 0.4) is 0 Å². The van der Waals surface area contributed by atoms with Crippen molar-refractivity contribution >= 4 is 33.5 Å². The number of alkyl halides is 2. The standard InChI is InChI=1S/C15H14BrF3N2O5/c1-25-14(24)7-6-21(2-3-22)13(23)12(7)20-10-4-8(16)9(17)5-11(10)26-15(18)19/h4-5,15,20,22H,2-3,6H2,1H3. The number of aliphatic hydroxyl groups is 1. The molecule has 1 aliphatic rings. The smallest absolute Gasteiger partial charge is 0.387 e. The molecule has 0 saturated carbocycles. The summed E-state index contributed by atoms with van der Waals surface area (Å²) in [5.41, 5.74) is -0.452. The molecule has 1 aromatic rings. The summed E-state index contributed by atoms with van der Waals surface area (Å²) >= 11 is 2.91. The number of rotatable bonds is 7. The number of nitrogens with one attached hydrogen (secondary N) is 1. The molecular weight excluding hydrogens is 425 g/mol. The molecule has 0 aliphatic carbocycles. The van der Waals surface area contributed by atoms with E-state index < -0.39 is 30.1 Å². The van der Waals surface area contributed by atoms with E-state index in [0.717, 1.165) is 13.2 Å². The van der Waals surface area contributed by atoms with Crippen molar-refractivity contribution in [3.05, 3.63) is 33.7 Å². The minimum absolute atomic E-state index is 0.0436. The topological polar surface area (TPSA) is 88.1 Å². The van der Waals surface area contributed by atoms with Gasteiger partial charge in [-0.15, -0.1) is 0 Å². The number of anilines is 1. The second-order valence-corrected chi connectivity index (χ2v) is 5.92. The molecule has 142 valence electrons. The molecule has 7 nitrogen and oxygen atoms in total. The van der Waals surface area contributed by atoms with Crippen LogP contribution >= 0.6 is 15.9 Å². The molecule has 0 bridgehead atoms. The van der Waals surface area contributed by atoms with Gasteiger partial charge in [0.15, 0.2) is 5.75 Å². The van der Waals surface area contributed by atoms with Crippen molar-refractivity contribution in [3.8, 4) is 5.75 Å². The number of carbonyl (C=O) groups is 2. The third kappa shape index (κ3) is 4.28. The van der Waals surface area contributed by atoms with Gasteiger partial charge < -0.3 is 24.8 Å². The Labute approximate surface area is 154 Å². The van der Waals surface area contributed by atoms with Crippen molar-refractivity contribution in [3.63, 3.8) is 0 Å². The molecule has 1 amide bonds. The Morgan fingerprint density at radius 1 is 1.46 bits per heavy atom. The van der Waals surface area contributed by atoms with Crippen LogP contribution in [0.1, 0.15) is 0 Å². The molecular formula is C15H14BrF3N2O5. The minimum Gasteiger partial charge on any atom is -0.466 e. The number of methoxy groups -OCH3 is 1. The highest BCUT2D eigenvalue weighted by Crippen LogP contribution is 2.34. The maximum atomic E-state index is 13.6. The molecule has 1 aromatic carbocycles. The number of esters is 1. The zero-order chi connectivity index (χ0) is 19.4. The van der Waals surface area contributed by atoms with E-state index in [9.17, 15) is 22.8 Å². The van der Waals surface area contributed by atoms with Gasteiger partial charge in [0, 0.05) is 12.6 Å². The molecule has 2 rings (SSSR count). The molecule has 11 heteroatoms. The van der Waals surface area contributed by atoms with Crippen LogP contribution in [0.2, 0.25) is 0 Å². The second kappa shape index (κ2) is 8.41. The summed E-state index contributed by atoms with van der Waals surface area (Å²) in [6, 6.07) is 1.80.